The maximum Gasteiger partial charge on any atom is 0.243 e. The molecule has 0 aromatic heterocycles. The van der Waals surface area contributed by atoms with Crippen molar-refractivity contribution in [2.75, 3.05) is 20.1 Å². The standard InChI is InChI=1S/C16H20F2N2O3S/c1-19-15(21)4-2-7-16(19)8-3-9-20(11-16)24(22,23)12-5-6-13(17)14(18)10-12/h5-6,10H,2-4,7-9,11H2,1H3/t16-/m1/s1. The number of amides is 1. The van der Waals surface area contributed by atoms with Crippen molar-refractivity contribution < 1.29 is 22.0 Å². The summed E-state index contributed by atoms with van der Waals surface area (Å²) in [5, 5.41) is 0. The molecule has 0 N–H and O–H groups in total. The van der Waals surface area contributed by atoms with Crippen LogP contribution in [0.2, 0.25) is 0 Å². The molecule has 1 atom stereocenters. The number of rotatable bonds is 2. The quantitative estimate of drug-likeness (QED) is 0.814. The van der Waals surface area contributed by atoms with E-state index in [-0.39, 0.29) is 17.3 Å². The molecule has 8 heteroatoms. The predicted octanol–water partition coefficient (Wildman–Crippen LogP) is 2.13. The molecule has 2 aliphatic heterocycles. The van der Waals surface area contributed by atoms with E-state index in [1.54, 1.807) is 11.9 Å². The first-order chi connectivity index (χ1) is 11.3. The minimum absolute atomic E-state index is 0.0216. The molecule has 24 heavy (non-hydrogen) atoms. The van der Waals surface area contributed by atoms with Crippen molar-refractivity contribution >= 4 is 15.9 Å². The van der Waals surface area contributed by atoms with E-state index in [1.165, 1.54) is 4.31 Å². The van der Waals surface area contributed by atoms with Gasteiger partial charge in [-0.2, -0.15) is 4.31 Å². The Hall–Kier alpha value is -1.54. The summed E-state index contributed by atoms with van der Waals surface area (Å²) >= 11 is 0. The van der Waals surface area contributed by atoms with Gasteiger partial charge < -0.3 is 4.90 Å². The third-order valence-electron chi connectivity index (χ3n) is 5.17. The monoisotopic (exact) mass is 358 g/mol. The molecule has 2 saturated heterocycles. The number of benzene rings is 1. The van der Waals surface area contributed by atoms with Crippen LogP contribution in [0.1, 0.15) is 32.1 Å². The number of carbonyl (C=O) groups is 1. The van der Waals surface area contributed by atoms with E-state index in [0.717, 1.165) is 31.4 Å². The summed E-state index contributed by atoms with van der Waals surface area (Å²) in [4.78, 5) is 13.5. The molecule has 1 aromatic carbocycles. The van der Waals surface area contributed by atoms with E-state index < -0.39 is 27.2 Å². The number of halogens is 2. The Bertz CT molecular complexity index is 765. The van der Waals surface area contributed by atoms with E-state index in [9.17, 15) is 22.0 Å². The second-order valence-corrected chi connectivity index (χ2v) is 8.49. The second kappa shape index (κ2) is 6.07. The third-order valence-corrected chi connectivity index (χ3v) is 7.01. The lowest BCUT2D eigenvalue weighted by Crippen LogP contribution is -2.61. The molecule has 0 saturated carbocycles. The maximum absolute atomic E-state index is 13.4. The zero-order valence-electron chi connectivity index (χ0n) is 13.5. The number of piperidine rings is 2. The molecule has 2 aliphatic rings. The van der Waals surface area contributed by atoms with Crippen molar-refractivity contribution in [3.8, 4) is 0 Å². The molecule has 2 fully saturated rings. The second-order valence-electron chi connectivity index (χ2n) is 6.55. The largest absolute Gasteiger partial charge is 0.339 e. The molecular formula is C16H20F2N2O3S. The first-order valence-corrected chi connectivity index (χ1v) is 9.42. The van der Waals surface area contributed by atoms with Gasteiger partial charge in [0, 0.05) is 26.6 Å². The number of nitrogens with zero attached hydrogens (tertiary/aromatic N) is 2. The van der Waals surface area contributed by atoms with Crippen LogP contribution in [0.25, 0.3) is 0 Å². The minimum Gasteiger partial charge on any atom is -0.339 e. The summed E-state index contributed by atoms with van der Waals surface area (Å²) in [6.45, 7) is 0.502. The lowest BCUT2D eigenvalue weighted by molar-refractivity contribution is -0.141. The minimum atomic E-state index is -3.93. The highest BCUT2D eigenvalue weighted by atomic mass is 32.2. The Kier molecular flexibility index (Phi) is 4.37. The van der Waals surface area contributed by atoms with Crippen LogP contribution in [0.15, 0.2) is 23.1 Å². The van der Waals surface area contributed by atoms with E-state index in [0.29, 0.717) is 25.5 Å². The summed E-state index contributed by atoms with van der Waals surface area (Å²) in [5.41, 5.74) is -0.501. The van der Waals surface area contributed by atoms with Crippen molar-refractivity contribution in [2.45, 2.75) is 42.5 Å². The zero-order valence-corrected chi connectivity index (χ0v) is 14.3. The zero-order chi connectivity index (χ0) is 17.5. The fourth-order valence-corrected chi connectivity index (χ4v) is 5.28. The fourth-order valence-electron chi connectivity index (χ4n) is 3.71. The van der Waals surface area contributed by atoms with Gasteiger partial charge in [0.25, 0.3) is 0 Å². The number of hydrogen-bond donors (Lipinski definition) is 0. The van der Waals surface area contributed by atoms with Gasteiger partial charge >= 0.3 is 0 Å². The average molecular weight is 358 g/mol. The van der Waals surface area contributed by atoms with Crippen molar-refractivity contribution in [1.29, 1.82) is 0 Å². The van der Waals surface area contributed by atoms with Crippen LogP contribution >= 0.6 is 0 Å². The summed E-state index contributed by atoms with van der Waals surface area (Å²) in [6, 6.07) is 2.60. The number of sulfonamides is 1. The smallest absolute Gasteiger partial charge is 0.243 e. The fraction of sp³-hybridized carbons (Fsp3) is 0.562. The van der Waals surface area contributed by atoms with Crippen LogP contribution in [-0.4, -0.2) is 49.2 Å². The number of likely N-dealkylation sites (tertiary alicyclic amines) is 1. The number of likely N-dealkylation sites (N-methyl/N-ethyl adjacent to an activating group) is 1. The van der Waals surface area contributed by atoms with Gasteiger partial charge in [-0.25, -0.2) is 17.2 Å². The maximum atomic E-state index is 13.4. The van der Waals surface area contributed by atoms with Crippen LogP contribution in [0.5, 0.6) is 0 Å². The van der Waals surface area contributed by atoms with Crippen LogP contribution in [0, 0.1) is 11.6 Å². The highest BCUT2D eigenvalue weighted by Gasteiger charge is 2.46. The molecule has 3 rings (SSSR count). The summed E-state index contributed by atoms with van der Waals surface area (Å²) in [6.07, 6.45) is 3.34. The number of carbonyl (C=O) groups excluding carboxylic acids is 1. The number of hydrogen-bond acceptors (Lipinski definition) is 3. The summed E-state index contributed by atoms with van der Waals surface area (Å²) in [5.74, 6) is -2.25. The molecule has 1 amide bonds. The highest BCUT2D eigenvalue weighted by Crippen LogP contribution is 2.37. The van der Waals surface area contributed by atoms with Gasteiger partial charge in [0.05, 0.1) is 10.4 Å². The Morgan fingerprint density at radius 1 is 1.12 bits per heavy atom. The van der Waals surface area contributed by atoms with Gasteiger partial charge in [0.15, 0.2) is 11.6 Å². The van der Waals surface area contributed by atoms with E-state index in [2.05, 4.69) is 0 Å². The predicted molar refractivity (Wildman–Crippen MR) is 83.7 cm³/mol. The first kappa shape index (κ1) is 17.3. The van der Waals surface area contributed by atoms with E-state index in [4.69, 9.17) is 0 Å². The highest BCUT2D eigenvalue weighted by molar-refractivity contribution is 7.89. The Balaban J connectivity index is 1.91. The lowest BCUT2D eigenvalue weighted by Gasteiger charge is -2.50. The molecule has 1 aromatic rings. The molecule has 0 bridgehead atoms. The van der Waals surface area contributed by atoms with Crippen molar-refractivity contribution in [1.82, 2.24) is 9.21 Å². The molecular weight excluding hydrogens is 338 g/mol. The average Bonchev–Trinajstić information content (AvgIpc) is 2.55. The van der Waals surface area contributed by atoms with Crippen LogP contribution < -0.4 is 0 Å². The Morgan fingerprint density at radius 3 is 2.54 bits per heavy atom. The molecule has 132 valence electrons. The molecule has 0 aliphatic carbocycles. The van der Waals surface area contributed by atoms with E-state index >= 15 is 0 Å². The van der Waals surface area contributed by atoms with Gasteiger partial charge in [-0.1, -0.05) is 0 Å². The summed E-state index contributed by atoms with van der Waals surface area (Å²) in [7, 11) is -2.21. The van der Waals surface area contributed by atoms with Crippen molar-refractivity contribution in [2.24, 2.45) is 0 Å². The summed E-state index contributed by atoms with van der Waals surface area (Å²) < 4.78 is 53.4. The van der Waals surface area contributed by atoms with Gasteiger partial charge in [-0.3, -0.25) is 4.79 Å². The SMILES string of the molecule is CN1C(=O)CCC[C@]12CCCN(S(=O)(=O)c1ccc(F)c(F)c1)C2. The molecule has 5 nitrogen and oxygen atoms in total. The molecule has 2 heterocycles. The normalized spacial score (nSPS) is 26.1. The van der Waals surface area contributed by atoms with Crippen LogP contribution in [-0.2, 0) is 14.8 Å². The Morgan fingerprint density at radius 2 is 1.83 bits per heavy atom. The topological polar surface area (TPSA) is 57.7 Å². The van der Waals surface area contributed by atoms with Crippen molar-refractivity contribution in [3.63, 3.8) is 0 Å². The van der Waals surface area contributed by atoms with Gasteiger partial charge in [-0.15, -0.1) is 0 Å². The van der Waals surface area contributed by atoms with E-state index in [1.807, 2.05) is 0 Å². The molecule has 0 radical (unpaired) electrons. The Labute approximate surface area is 140 Å². The first-order valence-electron chi connectivity index (χ1n) is 7.98. The van der Waals surface area contributed by atoms with Crippen molar-refractivity contribution in [3.05, 3.63) is 29.8 Å². The molecule has 1 spiro atoms. The van der Waals surface area contributed by atoms with Gasteiger partial charge in [0.1, 0.15) is 0 Å². The van der Waals surface area contributed by atoms with Crippen LogP contribution in [0.3, 0.4) is 0 Å². The molecule has 0 unspecified atom stereocenters. The van der Waals surface area contributed by atoms with Crippen LogP contribution in [0.4, 0.5) is 8.78 Å². The van der Waals surface area contributed by atoms with Gasteiger partial charge in [0.2, 0.25) is 15.9 Å². The lowest BCUT2D eigenvalue weighted by atomic mass is 9.81. The van der Waals surface area contributed by atoms with Gasteiger partial charge in [-0.05, 0) is 43.9 Å². The third kappa shape index (κ3) is 2.82.